The van der Waals surface area contributed by atoms with Crippen molar-refractivity contribution in [3.8, 4) is 11.5 Å². The van der Waals surface area contributed by atoms with E-state index in [9.17, 15) is 19.8 Å². The summed E-state index contributed by atoms with van der Waals surface area (Å²) >= 11 is 6.58. The van der Waals surface area contributed by atoms with Gasteiger partial charge in [0.1, 0.15) is 11.5 Å². The summed E-state index contributed by atoms with van der Waals surface area (Å²) in [5.41, 5.74) is 5.95. The van der Waals surface area contributed by atoms with Gasteiger partial charge in [0.15, 0.2) is 0 Å². The molecular formula is C22H16Br2N4O4. The molecule has 0 atom stereocenters. The third-order valence-electron chi connectivity index (χ3n) is 4.11. The van der Waals surface area contributed by atoms with Crippen LogP contribution in [0.1, 0.15) is 31.8 Å². The Balaban J connectivity index is 1.63. The van der Waals surface area contributed by atoms with Crippen molar-refractivity contribution in [2.45, 2.75) is 0 Å². The number of aromatic hydroxyl groups is 2. The monoisotopic (exact) mass is 558 g/mol. The van der Waals surface area contributed by atoms with E-state index in [1.165, 1.54) is 42.8 Å². The summed E-state index contributed by atoms with van der Waals surface area (Å²) in [5.74, 6) is -1.04. The van der Waals surface area contributed by atoms with Crippen molar-refractivity contribution in [3.05, 3.63) is 91.9 Å². The zero-order valence-electron chi connectivity index (χ0n) is 16.3. The highest BCUT2D eigenvalue weighted by Crippen LogP contribution is 2.20. The van der Waals surface area contributed by atoms with Crippen molar-refractivity contribution < 1.29 is 19.8 Å². The highest BCUT2D eigenvalue weighted by molar-refractivity contribution is 9.10. The average Bonchev–Trinajstić information content (AvgIpc) is 2.78. The van der Waals surface area contributed by atoms with Crippen LogP contribution in [0, 0.1) is 0 Å². The Hall–Kier alpha value is -3.50. The standard InChI is InChI=1S/C22H16Br2N4O4/c23-17-4-6-19(29)15(9-17)11-25-27-21(31)13-2-1-3-14(8-13)22(32)28-26-12-16-10-18(24)5-7-20(16)30/h1-12,29-30H,(H,27,31)(H,28,32)/b25-11+,26-12+. The van der Waals surface area contributed by atoms with Gasteiger partial charge in [-0.25, -0.2) is 10.9 Å². The van der Waals surface area contributed by atoms with Crippen LogP contribution >= 0.6 is 31.9 Å². The van der Waals surface area contributed by atoms with Crippen LogP contribution in [-0.2, 0) is 0 Å². The molecule has 0 bridgehead atoms. The van der Waals surface area contributed by atoms with Gasteiger partial charge in [-0.1, -0.05) is 37.9 Å². The molecule has 0 saturated heterocycles. The van der Waals surface area contributed by atoms with Gasteiger partial charge in [0.05, 0.1) is 12.4 Å². The number of phenols is 2. The lowest BCUT2D eigenvalue weighted by Gasteiger charge is -2.04. The van der Waals surface area contributed by atoms with Gasteiger partial charge in [-0.05, 0) is 54.6 Å². The molecule has 0 heterocycles. The van der Waals surface area contributed by atoms with Gasteiger partial charge in [0, 0.05) is 31.2 Å². The van der Waals surface area contributed by atoms with Crippen LogP contribution in [0.15, 0.2) is 79.8 Å². The molecule has 4 N–H and O–H groups in total. The van der Waals surface area contributed by atoms with Crippen LogP contribution < -0.4 is 10.9 Å². The summed E-state index contributed by atoms with van der Waals surface area (Å²) in [6.07, 6.45) is 2.61. The topological polar surface area (TPSA) is 123 Å². The number of nitrogens with zero attached hydrogens (tertiary/aromatic N) is 2. The molecule has 0 radical (unpaired) electrons. The van der Waals surface area contributed by atoms with Crippen molar-refractivity contribution in [1.29, 1.82) is 0 Å². The van der Waals surface area contributed by atoms with E-state index in [1.807, 2.05) is 0 Å². The van der Waals surface area contributed by atoms with E-state index < -0.39 is 11.8 Å². The van der Waals surface area contributed by atoms with E-state index in [4.69, 9.17) is 0 Å². The minimum atomic E-state index is -0.534. The van der Waals surface area contributed by atoms with Crippen molar-refractivity contribution in [2.24, 2.45) is 10.2 Å². The van der Waals surface area contributed by atoms with Gasteiger partial charge in [-0.3, -0.25) is 9.59 Å². The molecule has 0 spiro atoms. The first kappa shape index (κ1) is 23.2. The molecule has 0 unspecified atom stereocenters. The summed E-state index contributed by atoms with van der Waals surface area (Å²) in [6, 6.07) is 15.6. The molecule has 3 aromatic carbocycles. The summed E-state index contributed by atoms with van der Waals surface area (Å²) in [6.45, 7) is 0. The van der Waals surface area contributed by atoms with Crippen LogP contribution in [0.3, 0.4) is 0 Å². The number of carbonyl (C=O) groups is 2. The number of hydrazone groups is 2. The average molecular weight is 560 g/mol. The van der Waals surface area contributed by atoms with Crippen molar-refractivity contribution in [3.63, 3.8) is 0 Å². The smallest absolute Gasteiger partial charge is 0.271 e. The summed E-state index contributed by atoms with van der Waals surface area (Å²) in [7, 11) is 0. The fourth-order valence-electron chi connectivity index (χ4n) is 2.51. The lowest BCUT2D eigenvalue weighted by atomic mass is 10.1. The Kier molecular flexibility index (Phi) is 7.74. The van der Waals surface area contributed by atoms with E-state index >= 15 is 0 Å². The molecule has 0 aliphatic heterocycles. The molecule has 0 aliphatic carbocycles. The van der Waals surface area contributed by atoms with Gasteiger partial charge in [0.2, 0.25) is 0 Å². The zero-order valence-corrected chi connectivity index (χ0v) is 19.5. The third-order valence-corrected chi connectivity index (χ3v) is 5.09. The van der Waals surface area contributed by atoms with Crippen LogP contribution in [0.5, 0.6) is 11.5 Å². The molecule has 162 valence electrons. The molecule has 0 fully saturated rings. The molecule has 0 aliphatic rings. The van der Waals surface area contributed by atoms with Crippen LogP contribution in [-0.4, -0.2) is 34.5 Å². The Morgan fingerprint density at radius 3 is 1.59 bits per heavy atom. The second-order valence-electron chi connectivity index (χ2n) is 6.39. The molecule has 0 saturated carbocycles. The van der Waals surface area contributed by atoms with E-state index in [2.05, 4.69) is 52.9 Å². The second kappa shape index (κ2) is 10.7. The van der Waals surface area contributed by atoms with Gasteiger partial charge in [-0.15, -0.1) is 0 Å². The number of hydrogen-bond donors (Lipinski definition) is 4. The van der Waals surface area contributed by atoms with E-state index in [1.54, 1.807) is 30.3 Å². The van der Waals surface area contributed by atoms with Crippen LogP contribution in [0.25, 0.3) is 0 Å². The van der Waals surface area contributed by atoms with Gasteiger partial charge >= 0.3 is 0 Å². The predicted molar refractivity (Wildman–Crippen MR) is 128 cm³/mol. The van der Waals surface area contributed by atoms with E-state index in [0.717, 1.165) is 8.95 Å². The number of carbonyl (C=O) groups excluding carboxylic acids is 2. The number of phenolic OH excluding ortho intramolecular Hbond substituents is 2. The Morgan fingerprint density at radius 1 is 0.719 bits per heavy atom. The van der Waals surface area contributed by atoms with E-state index in [0.29, 0.717) is 11.1 Å². The molecular weight excluding hydrogens is 544 g/mol. The SMILES string of the molecule is O=C(N/N=C/c1cc(Br)ccc1O)c1cccc(C(=O)N/N=C/c2cc(Br)ccc2O)c1. The number of halogens is 2. The zero-order chi connectivity index (χ0) is 23.1. The first-order valence-corrected chi connectivity index (χ1v) is 10.7. The maximum absolute atomic E-state index is 12.3. The molecule has 3 rings (SSSR count). The highest BCUT2D eigenvalue weighted by Gasteiger charge is 2.10. The minimum Gasteiger partial charge on any atom is -0.507 e. The molecule has 3 aromatic rings. The van der Waals surface area contributed by atoms with E-state index in [-0.39, 0.29) is 22.6 Å². The first-order valence-electron chi connectivity index (χ1n) is 9.07. The number of hydrogen-bond acceptors (Lipinski definition) is 6. The maximum atomic E-state index is 12.3. The Morgan fingerprint density at radius 2 is 1.16 bits per heavy atom. The quantitative estimate of drug-likeness (QED) is 0.267. The Labute approximate surface area is 199 Å². The number of rotatable bonds is 6. The largest absolute Gasteiger partial charge is 0.507 e. The van der Waals surface area contributed by atoms with Gasteiger partial charge < -0.3 is 10.2 Å². The fraction of sp³-hybridized carbons (Fsp3) is 0. The molecule has 0 aromatic heterocycles. The maximum Gasteiger partial charge on any atom is 0.271 e. The van der Waals surface area contributed by atoms with Gasteiger partial charge in [0.25, 0.3) is 11.8 Å². The second-order valence-corrected chi connectivity index (χ2v) is 8.22. The number of nitrogens with one attached hydrogen (secondary N) is 2. The predicted octanol–water partition coefficient (Wildman–Crippen LogP) is 4.15. The van der Waals surface area contributed by atoms with Crippen LogP contribution in [0.2, 0.25) is 0 Å². The molecule has 10 heteroatoms. The molecule has 32 heavy (non-hydrogen) atoms. The van der Waals surface area contributed by atoms with Crippen molar-refractivity contribution in [1.82, 2.24) is 10.9 Å². The van der Waals surface area contributed by atoms with Crippen molar-refractivity contribution >= 4 is 56.1 Å². The Bertz CT molecular complexity index is 1140. The third kappa shape index (κ3) is 6.25. The lowest BCUT2D eigenvalue weighted by Crippen LogP contribution is -2.20. The van der Waals surface area contributed by atoms with Gasteiger partial charge in [-0.2, -0.15) is 10.2 Å². The number of benzene rings is 3. The van der Waals surface area contributed by atoms with Crippen molar-refractivity contribution in [2.75, 3.05) is 0 Å². The molecule has 2 amide bonds. The summed E-state index contributed by atoms with van der Waals surface area (Å²) in [4.78, 5) is 24.7. The summed E-state index contributed by atoms with van der Waals surface area (Å²) in [5, 5.41) is 27.3. The lowest BCUT2D eigenvalue weighted by molar-refractivity contribution is 0.0954. The minimum absolute atomic E-state index is 0.0154. The summed E-state index contributed by atoms with van der Waals surface area (Å²) < 4.78 is 1.50. The molecule has 8 nitrogen and oxygen atoms in total. The normalized spacial score (nSPS) is 11.1. The highest BCUT2D eigenvalue weighted by atomic mass is 79.9. The first-order chi connectivity index (χ1) is 15.3. The van der Waals surface area contributed by atoms with Crippen LogP contribution in [0.4, 0.5) is 0 Å². The number of amides is 2. The fourth-order valence-corrected chi connectivity index (χ4v) is 3.27.